The van der Waals surface area contributed by atoms with Gasteiger partial charge in [-0.1, -0.05) is 72.8 Å². The molecule has 0 amide bonds. The van der Waals surface area contributed by atoms with Crippen molar-refractivity contribution in [3.05, 3.63) is 103 Å². The predicted molar refractivity (Wildman–Crippen MR) is 146 cm³/mol. The third-order valence-corrected chi connectivity index (χ3v) is 7.58. The number of fused-ring (bicyclic) bond motifs is 3. The number of rotatable bonds is 3. The topological polar surface area (TPSA) is 12.0 Å². The number of hydrogen-bond donors (Lipinski definition) is 0. The molecule has 0 radical (unpaired) electrons. The molecular formula is C32H28N3+. The second-order valence-corrected chi connectivity index (χ2v) is 9.64. The van der Waals surface area contributed by atoms with E-state index in [-0.39, 0.29) is 0 Å². The molecule has 0 saturated carbocycles. The molecule has 1 aliphatic heterocycles. The van der Waals surface area contributed by atoms with E-state index >= 15 is 0 Å². The largest absolute Gasteiger partial charge is 0.371 e. The van der Waals surface area contributed by atoms with Crippen LogP contribution in [0.2, 0.25) is 0 Å². The third-order valence-electron chi connectivity index (χ3n) is 7.58. The highest BCUT2D eigenvalue weighted by molar-refractivity contribution is 6.12. The Kier molecular flexibility index (Phi) is 4.63. The molecule has 3 nitrogen and oxygen atoms in total. The summed E-state index contributed by atoms with van der Waals surface area (Å²) in [6.07, 6.45) is 4.73. The van der Waals surface area contributed by atoms with Crippen LogP contribution in [0, 0.1) is 0 Å². The zero-order valence-electron chi connectivity index (χ0n) is 20.0. The summed E-state index contributed by atoms with van der Waals surface area (Å²) < 4.78 is 4.59. The average Bonchev–Trinajstić information content (AvgIpc) is 3.56. The number of benzene rings is 5. The van der Waals surface area contributed by atoms with E-state index < -0.39 is 0 Å². The second kappa shape index (κ2) is 7.99. The minimum Gasteiger partial charge on any atom is -0.371 e. The van der Waals surface area contributed by atoms with Crippen molar-refractivity contribution in [2.45, 2.75) is 12.8 Å². The quantitative estimate of drug-likeness (QED) is 0.262. The molecule has 6 aromatic rings. The molecule has 5 aromatic carbocycles. The average molecular weight is 455 g/mol. The zero-order valence-corrected chi connectivity index (χ0v) is 20.0. The molecule has 170 valence electrons. The van der Waals surface area contributed by atoms with Crippen LogP contribution >= 0.6 is 0 Å². The lowest BCUT2D eigenvalue weighted by molar-refractivity contribution is -0.645. The smallest absolute Gasteiger partial charge is 0.249 e. The van der Waals surface area contributed by atoms with Crippen LogP contribution in [0.25, 0.3) is 49.4 Å². The Balaban J connectivity index is 1.65. The van der Waals surface area contributed by atoms with E-state index in [0.29, 0.717) is 0 Å². The number of para-hydroxylation sites is 2. The second-order valence-electron chi connectivity index (χ2n) is 9.64. The molecule has 0 unspecified atom stereocenters. The SMILES string of the molecule is C[n+]1cn(-c2ccc3ccccc3c2-c2c(N3CCCC3)ccc3ccccc23)c2ccccc21. The van der Waals surface area contributed by atoms with Gasteiger partial charge in [-0.05, 0) is 58.7 Å². The number of anilines is 1. The molecule has 0 spiro atoms. The van der Waals surface area contributed by atoms with Gasteiger partial charge < -0.3 is 4.90 Å². The number of aryl methyl sites for hydroxylation is 1. The monoisotopic (exact) mass is 454 g/mol. The number of aromatic nitrogens is 2. The minimum absolute atomic E-state index is 1.12. The lowest BCUT2D eigenvalue weighted by atomic mass is 9.90. The zero-order chi connectivity index (χ0) is 23.4. The van der Waals surface area contributed by atoms with Crippen molar-refractivity contribution < 1.29 is 4.57 Å². The van der Waals surface area contributed by atoms with Gasteiger partial charge in [-0.2, -0.15) is 4.57 Å². The van der Waals surface area contributed by atoms with Gasteiger partial charge in [-0.3, -0.25) is 0 Å². The summed E-state index contributed by atoms with van der Waals surface area (Å²) in [5.74, 6) is 0. The molecule has 0 aliphatic carbocycles. The highest BCUT2D eigenvalue weighted by Gasteiger charge is 2.25. The van der Waals surface area contributed by atoms with Crippen LogP contribution in [0.15, 0.2) is 103 Å². The van der Waals surface area contributed by atoms with Gasteiger partial charge in [0.05, 0.1) is 7.05 Å². The summed E-state index contributed by atoms with van der Waals surface area (Å²) in [6.45, 7) is 2.24. The summed E-state index contributed by atoms with van der Waals surface area (Å²) in [4.78, 5) is 2.58. The first-order chi connectivity index (χ1) is 17.3. The van der Waals surface area contributed by atoms with E-state index in [2.05, 4.69) is 124 Å². The van der Waals surface area contributed by atoms with Crippen molar-refractivity contribution in [3.63, 3.8) is 0 Å². The first kappa shape index (κ1) is 20.3. The van der Waals surface area contributed by atoms with Gasteiger partial charge in [0.15, 0.2) is 11.0 Å². The fourth-order valence-corrected chi connectivity index (χ4v) is 5.92. The van der Waals surface area contributed by atoms with Crippen LogP contribution < -0.4 is 9.47 Å². The Labute approximate surface area is 205 Å². The highest BCUT2D eigenvalue weighted by atomic mass is 15.1. The van der Waals surface area contributed by atoms with E-state index in [4.69, 9.17) is 0 Å². The molecule has 1 saturated heterocycles. The molecule has 1 aromatic heterocycles. The molecular weight excluding hydrogens is 426 g/mol. The van der Waals surface area contributed by atoms with E-state index in [1.807, 2.05) is 0 Å². The summed E-state index contributed by atoms with van der Waals surface area (Å²) in [7, 11) is 2.13. The van der Waals surface area contributed by atoms with Crippen molar-refractivity contribution >= 4 is 38.3 Å². The Morgan fingerprint density at radius 2 is 1.17 bits per heavy atom. The maximum Gasteiger partial charge on any atom is 0.249 e. The lowest BCUT2D eigenvalue weighted by Gasteiger charge is -2.24. The fraction of sp³-hybridized carbons (Fsp3) is 0.156. The molecule has 7 rings (SSSR count). The fourth-order valence-electron chi connectivity index (χ4n) is 5.92. The number of imidazole rings is 1. The maximum atomic E-state index is 2.58. The predicted octanol–water partition coefficient (Wildman–Crippen LogP) is 7.03. The summed E-state index contributed by atoms with van der Waals surface area (Å²) in [6, 6.07) is 35.6. The Morgan fingerprint density at radius 3 is 1.89 bits per heavy atom. The van der Waals surface area contributed by atoms with Gasteiger partial charge in [-0.25, -0.2) is 4.57 Å². The van der Waals surface area contributed by atoms with Crippen LogP contribution in [0.1, 0.15) is 12.8 Å². The summed E-state index contributed by atoms with van der Waals surface area (Å²) in [5.41, 5.74) is 7.66. The van der Waals surface area contributed by atoms with Crippen molar-refractivity contribution in [1.29, 1.82) is 0 Å². The standard InChI is InChI=1S/C32H28N3/c1-33-22-35(28-15-7-6-14-27(28)33)30-19-17-24-11-3-5-13-26(24)32(30)31-25-12-4-2-10-23(25)16-18-29(31)34-20-8-9-21-34/h2-7,10-19,22H,8-9,20-21H2,1H3/q+1. The van der Waals surface area contributed by atoms with E-state index in [1.54, 1.807) is 0 Å². The van der Waals surface area contributed by atoms with Crippen LogP contribution in [0.5, 0.6) is 0 Å². The van der Waals surface area contributed by atoms with Crippen molar-refractivity contribution in [2.24, 2.45) is 7.05 Å². The van der Waals surface area contributed by atoms with Crippen LogP contribution in [0.4, 0.5) is 5.69 Å². The Bertz CT molecular complexity index is 1720. The molecule has 1 fully saturated rings. The summed E-state index contributed by atoms with van der Waals surface area (Å²) >= 11 is 0. The normalized spacial score (nSPS) is 13.9. The van der Waals surface area contributed by atoms with Crippen molar-refractivity contribution in [2.75, 3.05) is 18.0 Å². The number of hydrogen-bond acceptors (Lipinski definition) is 1. The van der Waals surface area contributed by atoms with Gasteiger partial charge in [0.1, 0.15) is 5.69 Å². The molecule has 0 N–H and O–H groups in total. The van der Waals surface area contributed by atoms with Crippen LogP contribution in [-0.2, 0) is 7.05 Å². The van der Waals surface area contributed by atoms with Gasteiger partial charge in [0.25, 0.3) is 0 Å². The molecule has 35 heavy (non-hydrogen) atoms. The van der Waals surface area contributed by atoms with Gasteiger partial charge >= 0.3 is 0 Å². The lowest BCUT2D eigenvalue weighted by Crippen LogP contribution is -2.25. The van der Waals surface area contributed by atoms with Crippen molar-refractivity contribution in [3.8, 4) is 16.8 Å². The van der Waals surface area contributed by atoms with Crippen LogP contribution in [-0.4, -0.2) is 17.7 Å². The first-order valence-electron chi connectivity index (χ1n) is 12.5. The molecule has 0 bridgehead atoms. The molecule has 2 heterocycles. The maximum absolute atomic E-state index is 2.58. The molecule has 1 aliphatic rings. The summed E-state index contributed by atoms with van der Waals surface area (Å²) in [5, 5.41) is 5.16. The molecule has 3 heteroatoms. The molecule has 0 atom stereocenters. The van der Waals surface area contributed by atoms with Crippen LogP contribution in [0.3, 0.4) is 0 Å². The Morgan fingerprint density at radius 1 is 0.600 bits per heavy atom. The van der Waals surface area contributed by atoms with Gasteiger partial charge in [0.2, 0.25) is 6.33 Å². The minimum atomic E-state index is 1.12. The van der Waals surface area contributed by atoms with Crippen molar-refractivity contribution in [1.82, 2.24) is 4.57 Å². The highest BCUT2D eigenvalue weighted by Crippen LogP contribution is 2.45. The van der Waals surface area contributed by atoms with Gasteiger partial charge in [-0.15, -0.1) is 0 Å². The third kappa shape index (κ3) is 3.15. The van der Waals surface area contributed by atoms with E-state index in [0.717, 1.165) is 13.1 Å². The number of nitrogens with zero attached hydrogens (tertiary/aromatic N) is 3. The first-order valence-corrected chi connectivity index (χ1v) is 12.5. The van der Waals surface area contributed by atoms with E-state index in [1.165, 1.54) is 67.9 Å². The van der Waals surface area contributed by atoms with E-state index in [9.17, 15) is 0 Å². The van der Waals surface area contributed by atoms with Gasteiger partial charge in [0, 0.05) is 29.9 Å². The Hall–Kier alpha value is -4.11.